The largest absolute Gasteiger partial charge is 0.494 e. The number of nitrogens with zero attached hydrogens (tertiary/aromatic N) is 2. The summed E-state index contributed by atoms with van der Waals surface area (Å²) in [6.45, 7) is 6.88. The number of aromatic amines is 1. The van der Waals surface area contributed by atoms with Crippen molar-refractivity contribution in [3.63, 3.8) is 0 Å². The third-order valence-electron chi connectivity index (χ3n) is 6.46. The molecule has 120 valence electrons. The maximum atomic E-state index is 11.9. The van der Waals surface area contributed by atoms with E-state index in [9.17, 15) is 14.7 Å². The Morgan fingerprint density at radius 1 is 1.36 bits per heavy atom. The Kier molecular flexibility index (Phi) is 3.13. The highest BCUT2D eigenvalue weighted by atomic mass is 16.3. The summed E-state index contributed by atoms with van der Waals surface area (Å²) in [5, 5.41) is 9.98. The fourth-order valence-corrected chi connectivity index (χ4v) is 4.29. The van der Waals surface area contributed by atoms with E-state index in [1.54, 1.807) is 0 Å². The van der Waals surface area contributed by atoms with Gasteiger partial charge < -0.3 is 5.11 Å². The lowest BCUT2D eigenvalue weighted by atomic mass is 9.69. The van der Waals surface area contributed by atoms with Gasteiger partial charge in [0, 0.05) is 13.3 Å². The Hall–Kier alpha value is -1.85. The number of H-pyrrole nitrogens is 1. The molecule has 0 amide bonds. The van der Waals surface area contributed by atoms with E-state index in [0.29, 0.717) is 5.92 Å². The van der Waals surface area contributed by atoms with Crippen LogP contribution in [-0.4, -0.2) is 26.9 Å². The summed E-state index contributed by atoms with van der Waals surface area (Å²) in [7, 11) is 1.41. The quantitative estimate of drug-likeness (QED) is 0.810. The Morgan fingerprint density at radius 3 is 2.59 bits per heavy atom. The van der Waals surface area contributed by atoms with Crippen LogP contribution in [0.5, 0.6) is 5.88 Å². The molecule has 2 aliphatic rings. The van der Waals surface area contributed by atoms with Gasteiger partial charge in [0.1, 0.15) is 5.56 Å². The van der Waals surface area contributed by atoms with Gasteiger partial charge in [-0.15, -0.1) is 0 Å². The number of hydrogen-bond donors (Lipinski definition) is 2. The molecule has 0 aromatic carbocycles. The summed E-state index contributed by atoms with van der Waals surface area (Å²) in [5.74, 6) is 0.316. The summed E-state index contributed by atoms with van der Waals surface area (Å²) in [5.41, 5.74) is -0.819. The highest BCUT2D eigenvalue weighted by Crippen LogP contribution is 2.66. The van der Waals surface area contributed by atoms with Crippen LogP contribution in [0.15, 0.2) is 14.6 Å². The van der Waals surface area contributed by atoms with Gasteiger partial charge in [-0.25, -0.2) is 4.79 Å². The highest BCUT2D eigenvalue weighted by molar-refractivity contribution is 5.82. The first-order valence-electron chi connectivity index (χ1n) is 7.74. The molecule has 0 spiro atoms. The van der Waals surface area contributed by atoms with E-state index < -0.39 is 11.2 Å². The second-order valence-corrected chi connectivity index (χ2v) is 7.46. The first-order chi connectivity index (χ1) is 10.2. The van der Waals surface area contributed by atoms with Gasteiger partial charge in [-0.1, -0.05) is 20.8 Å². The van der Waals surface area contributed by atoms with Gasteiger partial charge in [0.15, 0.2) is 0 Å². The lowest BCUT2D eigenvalue weighted by Crippen LogP contribution is -2.35. The smallest absolute Gasteiger partial charge is 0.330 e. The number of aliphatic imine (C=N–C) groups is 1. The number of hydrogen-bond acceptors (Lipinski definition) is 4. The number of nitrogens with one attached hydrogen (secondary N) is 1. The van der Waals surface area contributed by atoms with Crippen LogP contribution in [0.4, 0.5) is 0 Å². The minimum atomic E-state index is -0.632. The molecule has 2 aliphatic carbocycles. The minimum Gasteiger partial charge on any atom is -0.494 e. The van der Waals surface area contributed by atoms with Crippen LogP contribution in [0.3, 0.4) is 0 Å². The molecule has 6 nitrogen and oxygen atoms in total. The van der Waals surface area contributed by atoms with Gasteiger partial charge in [-0.3, -0.25) is 19.3 Å². The van der Waals surface area contributed by atoms with Gasteiger partial charge in [0.2, 0.25) is 5.88 Å². The van der Waals surface area contributed by atoms with Crippen LogP contribution in [0.25, 0.3) is 0 Å². The summed E-state index contributed by atoms with van der Waals surface area (Å²) < 4.78 is 1.01. The van der Waals surface area contributed by atoms with E-state index in [0.717, 1.165) is 17.4 Å². The third-order valence-corrected chi connectivity index (χ3v) is 6.46. The molecule has 0 aliphatic heterocycles. The van der Waals surface area contributed by atoms with E-state index in [2.05, 4.69) is 30.7 Å². The number of rotatable bonds is 2. The molecule has 2 N–H and O–H groups in total. The SMILES string of the molecule is Cn1c(O)c(C=N[C@H]2C[C@H]3CC[C@]2(C)C3(C)C)c(=O)[nH]c1=O. The molecule has 3 atom stereocenters. The zero-order valence-corrected chi connectivity index (χ0v) is 13.5. The molecule has 0 radical (unpaired) electrons. The number of aromatic nitrogens is 2. The predicted octanol–water partition coefficient (Wildman–Crippen LogP) is 1.41. The van der Waals surface area contributed by atoms with Gasteiger partial charge in [0.05, 0.1) is 6.04 Å². The van der Waals surface area contributed by atoms with Gasteiger partial charge in [-0.05, 0) is 36.0 Å². The topological polar surface area (TPSA) is 87.4 Å². The van der Waals surface area contributed by atoms with Crippen molar-refractivity contribution in [2.24, 2.45) is 28.8 Å². The van der Waals surface area contributed by atoms with Crippen molar-refractivity contribution < 1.29 is 5.11 Å². The minimum absolute atomic E-state index is 0.0475. The first-order valence-corrected chi connectivity index (χ1v) is 7.74. The van der Waals surface area contributed by atoms with Crippen LogP contribution in [-0.2, 0) is 7.05 Å². The van der Waals surface area contributed by atoms with Crippen LogP contribution < -0.4 is 11.2 Å². The van der Waals surface area contributed by atoms with Crippen molar-refractivity contribution >= 4 is 6.21 Å². The van der Waals surface area contributed by atoms with Crippen LogP contribution in [0.2, 0.25) is 0 Å². The molecular formula is C16H23N3O3. The average molecular weight is 305 g/mol. The van der Waals surface area contributed by atoms with Gasteiger partial charge in [-0.2, -0.15) is 0 Å². The van der Waals surface area contributed by atoms with Crippen molar-refractivity contribution in [3.05, 3.63) is 26.4 Å². The molecule has 0 unspecified atom stereocenters. The standard InChI is InChI=1S/C16H23N3O3/c1-15(2)9-5-6-16(15,3)11(7-9)17-8-10-12(20)18-14(22)19(4)13(10)21/h8-9,11,21H,5-7H2,1-4H3,(H,18,20,22)/t9-,11+,16+/m1/s1. The highest BCUT2D eigenvalue weighted by Gasteiger charge is 2.61. The normalized spacial score (nSPS) is 32.9. The zero-order valence-electron chi connectivity index (χ0n) is 13.5. The predicted molar refractivity (Wildman–Crippen MR) is 84.6 cm³/mol. The Bertz CT molecular complexity index is 759. The third kappa shape index (κ3) is 1.82. The van der Waals surface area contributed by atoms with Crippen LogP contribution in [0.1, 0.15) is 45.6 Å². The molecule has 0 saturated heterocycles. The van der Waals surface area contributed by atoms with E-state index in [-0.39, 0.29) is 28.3 Å². The number of fused-ring (bicyclic) bond motifs is 2. The summed E-state index contributed by atoms with van der Waals surface area (Å²) in [4.78, 5) is 30.1. The van der Waals surface area contributed by atoms with E-state index >= 15 is 0 Å². The molecular weight excluding hydrogens is 282 g/mol. The maximum Gasteiger partial charge on any atom is 0.330 e. The Morgan fingerprint density at radius 2 is 2.05 bits per heavy atom. The Labute approximate surface area is 128 Å². The molecule has 2 bridgehead atoms. The lowest BCUT2D eigenvalue weighted by Gasteiger charge is -2.37. The molecule has 1 aromatic heterocycles. The maximum absolute atomic E-state index is 11.9. The summed E-state index contributed by atoms with van der Waals surface area (Å²) in [6.07, 6.45) is 4.83. The van der Waals surface area contributed by atoms with Crippen molar-refractivity contribution in [1.82, 2.24) is 9.55 Å². The van der Waals surface area contributed by atoms with Gasteiger partial charge >= 0.3 is 5.69 Å². The van der Waals surface area contributed by atoms with E-state index in [1.807, 2.05) is 0 Å². The summed E-state index contributed by atoms with van der Waals surface area (Å²) in [6, 6.07) is 0.150. The molecule has 1 heterocycles. The average Bonchev–Trinajstić information content (AvgIpc) is 2.78. The van der Waals surface area contributed by atoms with Crippen LogP contribution in [0, 0.1) is 16.7 Å². The van der Waals surface area contributed by atoms with Crippen molar-refractivity contribution in [2.45, 2.75) is 46.1 Å². The molecule has 22 heavy (non-hydrogen) atoms. The fraction of sp³-hybridized carbons (Fsp3) is 0.688. The number of aromatic hydroxyl groups is 1. The first kappa shape index (κ1) is 15.1. The Balaban J connectivity index is 1.96. The fourth-order valence-electron chi connectivity index (χ4n) is 4.29. The van der Waals surface area contributed by atoms with E-state index in [4.69, 9.17) is 0 Å². The second kappa shape index (κ2) is 4.57. The second-order valence-electron chi connectivity index (χ2n) is 7.46. The zero-order chi connectivity index (χ0) is 16.3. The van der Waals surface area contributed by atoms with Gasteiger partial charge in [0.25, 0.3) is 5.56 Å². The van der Waals surface area contributed by atoms with Crippen molar-refractivity contribution in [3.8, 4) is 5.88 Å². The molecule has 1 aromatic rings. The molecule has 6 heteroatoms. The van der Waals surface area contributed by atoms with E-state index in [1.165, 1.54) is 19.7 Å². The molecule has 2 saturated carbocycles. The monoisotopic (exact) mass is 305 g/mol. The van der Waals surface area contributed by atoms with Crippen molar-refractivity contribution in [2.75, 3.05) is 0 Å². The molecule has 2 fully saturated rings. The summed E-state index contributed by atoms with van der Waals surface area (Å²) >= 11 is 0. The van der Waals surface area contributed by atoms with Crippen molar-refractivity contribution in [1.29, 1.82) is 0 Å². The lowest BCUT2D eigenvalue weighted by molar-refractivity contribution is 0.137. The molecule has 3 rings (SSSR count). The van der Waals surface area contributed by atoms with Crippen LogP contribution >= 0.6 is 0 Å².